The maximum absolute atomic E-state index is 12.5. The average Bonchev–Trinajstić information content (AvgIpc) is 3.07. The predicted octanol–water partition coefficient (Wildman–Crippen LogP) is 0.683. The van der Waals surface area contributed by atoms with E-state index in [9.17, 15) is 14.4 Å². The lowest BCUT2D eigenvalue weighted by Crippen LogP contribution is -2.51. The minimum absolute atomic E-state index is 0.277. The molecule has 0 aromatic heterocycles. The van der Waals surface area contributed by atoms with Gasteiger partial charge in [0.05, 0.1) is 6.61 Å². The quantitative estimate of drug-likeness (QED) is 0.770. The highest BCUT2D eigenvalue weighted by molar-refractivity contribution is 5.87. The molecule has 0 radical (unpaired) electrons. The van der Waals surface area contributed by atoms with Crippen molar-refractivity contribution in [2.24, 2.45) is 0 Å². The minimum Gasteiger partial charge on any atom is -0.480 e. The first-order valence-corrected chi connectivity index (χ1v) is 7.03. The van der Waals surface area contributed by atoms with Crippen molar-refractivity contribution in [3.8, 4) is 0 Å². The largest absolute Gasteiger partial charge is 0.480 e. The molecule has 2 aliphatic rings. The molecule has 0 aliphatic carbocycles. The Kier molecular flexibility index (Phi) is 4.46. The molecular formula is C13H20N2O5. The SMILES string of the molecule is CCOC(=O)C1CCCN1C(=O)N1CCC[C@H]1C(=O)O. The second kappa shape index (κ2) is 6.11. The van der Waals surface area contributed by atoms with Gasteiger partial charge in [-0.2, -0.15) is 0 Å². The Balaban J connectivity index is 2.07. The first-order chi connectivity index (χ1) is 9.56. The van der Waals surface area contributed by atoms with Gasteiger partial charge in [0.15, 0.2) is 0 Å². The number of nitrogens with zero attached hydrogens (tertiary/aromatic N) is 2. The Morgan fingerprint density at radius 3 is 2.20 bits per heavy atom. The van der Waals surface area contributed by atoms with E-state index < -0.39 is 24.0 Å². The zero-order valence-electron chi connectivity index (χ0n) is 11.6. The van der Waals surface area contributed by atoms with Crippen molar-refractivity contribution in [3.63, 3.8) is 0 Å². The van der Waals surface area contributed by atoms with Crippen LogP contribution in [0, 0.1) is 0 Å². The van der Waals surface area contributed by atoms with Crippen LogP contribution < -0.4 is 0 Å². The second-order valence-electron chi connectivity index (χ2n) is 5.08. The summed E-state index contributed by atoms with van der Waals surface area (Å²) in [5.41, 5.74) is 0. The Bertz CT molecular complexity index is 412. The van der Waals surface area contributed by atoms with Crippen LogP contribution in [-0.2, 0) is 14.3 Å². The predicted molar refractivity (Wildman–Crippen MR) is 69.1 cm³/mol. The van der Waals surface area contributed by atoms with Crippen molar-refractivity contribution in [1.82, 2.24) is 9.80 Å². The van der Waals surface area contributed by atoms with Gasteiger partial charge in [-0.15, -0.1) is 0 Å². The zero-order chi connectivity index (χ0) is 14.7. The van der Waals surface area contributed by atoms with E-state index in [2.05, 4.69) is 0 Å². The van der Waals surface area contributed by atoms with Gasteiger partial charge >= 0.3 is 18.0 Å². The van der Waals surface area contributed by atoms with Gasteiger partial charge in [0.1, 0.15) is 12.1 Å². The molecular weight excluding hydrogens is 264 g/mol. The van der Waals surface area contributed by atoms with Crippen LogP contribution >= 0.6 is 0 Å². The van der Waals surface area contributed by atoms with Crippen LogP contribution in [0.2, 0.25) is 0 Å². The first kappa shape index (κ1) is 14.6. The monoisotopic (exact) mass is 284 g/mol. The third kappa shape index (κ3) is 2.71. The Morgan fingerprint density at radius 2 is 1.65 bits per heavy atom. The van der Waals surface area contributed by atoms with Gasteiger partial charge in [-0.3, -0.25) is 0 Å². The smallest absolute Gasteiger partial charge is 0.328 e. The van der Waals surface area contributed by atoms with Gasteiger partial charge in [0.25, 0.3) is 0 Å². The lowest BCUT2D eigenvalue weighted by atomic mass is 10.2. The number of ether oxygens (including phenoxy) is 1. The number of likely N-dealkylation sites (tertiary alicyclic amines) is 2. The molecule has 2 aliphatic heterocycles. The van der Waals surface area contributed by atoms with Crippen molar-refractivity contribution in [2.75, 3.05) is 19.7 Å². The Morgan fingerprint density at radius 1 is 1.10 bits per heavy atom. The molecule has 1 unspecified atom stereocenters. The third-order valence-electron chi connectivity index (χ3n) is 3.84. The van der Waals surface area contributed by atoms with Crippen LogP contribution in [0.3, 0.4) is 0 Å². The van der Waals surface area contributed by atoms with E-state index in [0.717, 1.165) is 6.42 Å². The summed E-state index contributed by atoms with van der Waals surface area (Å²) < 4.78 is 4.98. The number of hydrogen-bond acceptors (Lipinski definition) is 4. The lowest BCUT2D eigenvalue weighted by molar-refractivity contribution is -0.147. The van der Waals surface area contributed by atoms with Gasteiger partial charge in [0, 0.05) is 13.1 Å². The topological polar surface area (TPSA) is 87.2 Å². The zero-order valence-corrected chi connectivity index (χ0v) is 11.6. The summed E-state index contributed by atoms with van der Waals surface area (Å²) in [5, 5.41) is 9.13. The number of esters is 1. The van der Waals surface area contributed by atoms with Crippen LogP contribution in [0.15, 0.2) is 0 Å². The Hall–Kier alpha value is -1.79. The summed E-state index contributed by atoms with van der Waals surface area (Å²) in [5.74, 6) is -1.38. The molecule has 2 atom stereocenters. The van der Waals surface area contributed by atoms with Crippen molar-refractivity contribution in [2.45, 2.75) is 44.7 Å². The molecule has 2 heterocycles. The lowest BCUT2D eigenvalue weighted by Gasteiger charge is -2.30. The molecule has 2 fully saturated rings. The molecule has 0 bridgehead atoms. The van der Waals surface area contributed by atoms with Gasteiger partial charge in [-0.25, -0.2) is 14.4 Å². The van der Waals surface area contributed by atoms with E-state index in [1.165, 1.54) is 9.80 Å². The van der Waals surface area contributed by atoms with Gasteiger partial charge in [-0.05, 0) is 32.6 Å². The summed E-state index contributed by atoms with van der Waals surface area (Å²) in [6, 6.07) is -1.70. The first-order valence-electron chi connectivity index (χ1n) is 7.03. The molecule has 0 saturated carbocycles. The third-order valence-corrected chi connectivity index (χ3v) is 3.84. The number of carbonyl (C=O) groups excluding carboxylic acids is 2. The fraction of sp³-hybridized carbons (Fsp3) is 0.769. The maximum atomic E-state index is 12.5. The molecule has 0 aromatic carbocycles. The molecule has 0 spiro atoms. The van der Waals surface area contributed by atoms with E-state index in [1.807, 2.05) is 0 Å². The molecule has 112 valence electrons. The van der Waals surface area contributed by atoms with E-state index in [4.69, 9.17) is 9.84 Å². The van der Waals surface area contributed by atoms with Crippen LogP contribution in [-0.4, -0.2) is 64.7 Å². The van der Waals surface area contributed by atoms with Crippen LogP contribution in [0.1, 0.15) is 32.6 Å². The van der Waals surface area contributed by atoms with Crippen molar-refractivity contribution in [3.05, 3.63) is 0 Å². The molecule has 2 saturated heterocycles. The van der Waals surface area contributed by atoms with Crippen LogP contribution in [0.5, 0.6) is 0 Å². The standard InChI is InChI=1S/C13H20N2O5/c1-2-20-12(18)10-6-4-8-15(10)13(19)14-7-3-5-9(14)11(16)17/h9-10H,2-8H2,1H3,(H,16,17)/t9-,10?/m0/s1. The highest BCUT2D eigenvalue weighted by atomic mass is 16.5. The highest BCUT2D eigenvalue weighted by Gasteiger charge is 2.42. The van der Waals surface area contributed by atoms with Gasteiger partial charge < -0.3 is 19.6 Å². The number of rotatable bonds is 3. The number of carboxylic acids is 1. The molecule has 7 heteroatoms. The number of hydrogen-bond donors (Lipinski definition) is 1. The molecule has 2 rings (SSSR count). The van der Waals surface area contributed by atoms with Crippen molar-refractivity contribution < 1.29 is 24.2 Å². The number of urea groups is 1. The van der Waals surface area contributed by atoms with Gasteiger partial charge in [-0.1, -0.05) is 0 Å². The summed E-state index contributed by atoms with van der Waals surface area (Å²) in [6.45, 7) is 2.91. The normalized spacial score (nSPS) is 25.9. The van der Waals surface area contributed by atoms with Gasteiger partial charge in [0.2, 0.25) is 0 Å². The molecule has 0 aromatic rings. The summed E-state index contributed by atoms with van der Waals surface area (Å²) in [7, 11) is 0. The minimum atomic E-state index is -0.984. The highest BCUT2D eigenvalue weighted by Crippen LogP contribution is 2.25. The van der Waals surface area contributed by atoms with E-state index in [0.29, 0.717) is 32.4 Å². The fourth-order valence-electron chi connectivity index (χ4n) is 2.90. The number of amides is 2. The molecule has 7 nitrogen and oxygen atoms in total. The average molecular weight is 284 g/mol. The summed E-state index contributed by atoms with van der Waals surface area (Å²) >= 11 is 0. The molecule has 2 amide bonds. The van der Waals surface area contributed by atoms with E-state index in [1.54, 1.807) is 6.92 Å². The Labute approximate surface area is 117 Å². The second-order valence-corrected chi connectivity index (χ2v) is 5.08. The summed E-state index contributed by atoms with van der Waals surface area (Å²) in [6.07, 6.45) is 2.47. The fourth-order valence-corrected chi connectivity index (χ4v) is 2.90. The molecule has 1 N–H and O–H groups in total. The van der Waals surface area contributed by atoms with Crippen molar-refractivity contribution >= 4 is 18.0 Å². The van der Waals surface area contributed by atoms with Crippen molar-refractivity contribution in [1.29, 1.82) is 0 Å². The van der Waals surface area contributed by atoms with Crippen LogP contribution in [0.4, 0.5) is 4.79 Å². The maximum Gasteiger partial charge on any atom is 0.328 e. The number of carboxylic acid groups (broad SMARTS) is 1. The van der Waals surface area contributed by atoms with Crippen LogP contribution in [0.25, 0.3) is 0 Å². The number of aliphatic carboxylic acids is 1. The summed E-state index contributed by atoms with van der Waals surface area (Å²) in [4.78, 5) is 38.3. The van der Waals surface area contributed by atoms with E-state index >= 15 is 0 Å². The number of carbonyl (C=O) groups is 3. The molecule has 20 heavy (non-hydrogen) atoms. The van der Waals surface area contributed by atoms with E-state index in [-0.39, 0.29) is 12.6 Å².